The van der Waals surface area contributed by atoms with Gasteiger partial charge in [0.2, 0.25) is 5.91 Å². The van der Waals surface area contributed by atoms with Gasteiger partial charge in [-0.15, -0.1) is 0 Å². The third-order valence-corrected chi connectivity index (χ3v) is 6.45. The second-order valence-electron chi connectivity index (χ2n) is 7.26. The van der Waals surface area contributed by atoms with Crippen molar-refractivity contribution in [1.29, 1.82) is 0 Å². The number of benzene rings is 1. The summed E-state index contributed by atoms with van der Waals surface area (Å²) in [6.07, 6.45) is 2.15. The molecule has 0 bridgehead atoms. The molecule has 3 fully saturated rings. The lowest BCUT2D eigenvalue weighted by Crippen LogP contribution is -2.45. The van der Waals surface area contributed by atoms with Crippen LogP contribution in [0.3, 0.4) is 0 Å². The first-order chi connectivity index (χ1) is 11.5. The predicted molar refractivity (Wildman–Crippen MR) is 90.6 cm³/mol. The predicted octanol–water partition coefficient (Wildman–Crippen LogP) is 2.43. The Morgan fingerprint density at radius 2 is 2.08 bits per heavy atom. The summed E-state index contributed by atoms with van der Waals surface area (Å²) < 4.78 is 6.44. The van der Waals surface area contributed by atoms with E-state index >= 15 is 0 Å². The fourth-order valence-corrected chi connectivity index (χ4v) is 4.69. The summed E-state index contributed by atoms with van der Waals surface area (Å²) in [4.78, 5) is 26.9. The molecular formula is C18H20BrNO4. The van der Waals surface area contributed by atoms with Gasteiger partial charge in [0.25, 0.3) is 0 Å². The van der Waals surface area contributed by atoms with E-state index in [4.69, 9.17) is 4.74 Å². The first-order valence-electron chi connectivity index (χ1n) is 8.35. The maximum atomic E-state index is 13.2. The summed E-state index contributed by atoms with van der Waals surface area (Å²) in [6, 6.07) is 7.90. The van der Waals surface area contributed by atoms with Crippen LogP contribution in [-0.2, 0) is 19.7 Å². The molecule has 0 aromatic heterocycles. The van der Waals surface area contributed by atoms with Gasteiger partial charge in [0, 0.05) is 30.1 Å². The van der Waals surface area contributed by atoms with Gasteiger partial charge in [0.15, 0.2) is 0 Å². The van der Waals surface area contributed by atoms with E-state index in [9.17, 15) is 14.7 Å². The highest BCUT2D eigenvalue weighted by Crippen LogP contribution is 2.52. The number of carboxylic acid groups (broad SMARTS) is 1. The molecule has 3 aliphatic rings. The van der Waals surface area contributed by atoms with Crippen LogP contribution in [0.2, 0.25) is 0 Å². The fourth-order valence-electron chi connectivity index (χ4n) is 4.29. The first kappa shape index (κ1) is 16.1. The molecule has 0 unspecified atom stereocenters. The van der Waals surface area contributed by atoms with Crippen molar-refractivity contribution in [3.63, 3.8) is 0 Å². The van der Waals surface area contributed by atoms with Crippen molar-refractivity contribution in [2.45, 2.75) is 24.7 Å². The van der Waals surface area contributed by atoms with E-state index in [0.29, 0.717) is 32.7 Å². The average Bonchev–Trinajstić information content (AvgIpc) is 3.28. The number of carbonyl (C=O) groups is 2. The molecule has 1 aromatic rings. The van der Waals surface area contributed by atoms with Gasteiger partial charge < -0.3 is 14.7 Å². The van der Waals surface area contributed by atoms with Crippen LogP contribution in [0.4, 0.5) is 0 Å². The summed E-state index contributed by atoms with van der Waals surface area (Å²) in [5.41, 5.74) is -0.267. The number of carboxylic acids is 1. The largest absolute Gasteiger partial charge is 0.481 e. The normalized spacial score (nSPS) is 30.7. The van der Waals surface area contributed by atoms with E-state index in [1.807, 2.05) is 24.3 Å². The van der Waals surface area contributed by atoms with Crippen LogP contribution in [0, 0.1) is 11.3 Å². The molecule has 1 N–H and O–H groups in total. The molecule has 24 heavy (non-hydrogen) atoms. The monoisotopic (exact) mass is 393 g/mol. The topological polar surface area (TPSA) is 66.8 Å². The zero-order valence-electron chi connectivity index (χ0n) is 13.3. The minimum absolute atomic E-state index is 0.0793. The fraction of sp³-hybridized carbons (Fsp3) is 0.556. The van der Waals surface area contributed by atoms with Crippen molar-refractivity contribution < 1.29 is 19.4 Å². The number of likely N-dealkylation sites (tertiary alicyclic amines) is 1. The molecule has 4 rings (SSSR count). The molecule has 1 amide bonds. The average molecular weight is 394 g/mol. The Kier molecular flexibility index (Phi) is 3.73. The van der Waals surface area contributed by atoms with Gasteiger partial charge in [-0.25, -0.2) is 0 Å². The van der Waals surface area contributed by atoms with Gasteiger partial charge >= 0.3 is 5.97 Å². The smallest absolute Gasteiger partial charge is 0.311 e. The van der Waals surface area contributed by atoms with Crippen LogP contribution in [0.1, 0.15) is 24.8 Å². The summed E-state index contributed by atoms with van der Waals surface area (Å²) in [5.74, 6) is -0.819. The van der Waals surface area contributed by atoms with E-state index < -0.39 is 16.8 Å². The Labute approximate surface area is 149 Å². The zero-order chi connectivity index (χ0) is 16.9. The van der Waals surface area contributed by atoms with Crippen molar-refractivity contribution in [3.05, 3.63) is 34.3 Å². The van der Waals surface area contributed by atoms with Crippen molar-refractivity contribution in [2.24, 2.45) is 11.3 Å². The molecule has 2 saturated heterocycles. The summed E-state index contributed by atoms with van der Waals surface area (Å²) >= 11 is 3.47. The van der Waals surface area contributed by atoms with Crippen LogP contribution in [0.25, 0.3) is 0 Å². The van der Waals surface area contributed by atoms with Crippen LogP contribution >= 0.6 is 15.9 Å². The van der Waals surface area contributed by atoms with Gasteiger partial charge in [-0.05, 0) is 37.0 Å². The number of ether oxygens (including phenoxy) is 1. The molecule has 128 valence electrons. The van der Waals surface area contributed by atoms with Crippen LogP contribution < -0.4 is 0 Å². The molecule has 0 radical (unpaired) electrons. The van der Waals surface area contributed by atoms with E-state index in [0.717, 1.165) is 22.9 Å². The Morgan fingerprint density at radius 1 is 1.29 bits per heavy atom. The minimum atomic E-state index is -0.832. The van der Waals surface area contributed by atoms with Gasteiger partial charge in [-0.1, -0.05) is 28.1 Å². The standard InChI is InChI=1S/C18H20BrNO4/c19-14-3-1-2-12(8-14)17(4-5-17)15(21)20-9-13-10-24-7-6-18(13,11-20)16(22)23/h1-3,8,13H,4-7,9-11H2,(H,22,23)/t13-,18+/m0/s1. The second-order valence-corrected chi connectivity index (χ2v) is 8.18. The number of carbonyl (C=O) groups excluding carboxylic acids is 1. The Bertz CT molecular complexity index is 702. The van der Waals surface area contributed by atoms with Crippen LogP contribution in [0.5, 0.6) is 0 Å². The maximum absolute atomic E-state index is 13.2. The lowest BCUT2D eigenvalue weighted by molar-refractivity contribution is -0.157. The van der Waals surface area contributed by atoms with Gasteiger partial charge in [0.1, 0.15) is 0 Å². The minimum Gasteiger partial charge on any atom is -0.481 e. The Morgan fingerprint density at radius 3 is 2.71 bits per heavy atom. The van der Waals surface area contributed by atoms with Crippen LogP contribution in [0.15, 0.2) is 28.7 Å². The maximum Gasteiger partial charge on any atom is 0.311 e. The third-order valence-electron chi connectivity index (χ3n) is 5.96. The summed E-state index contributed by atoms with van der Waals surface area (Å²) in [6.45, 7) is 1.69. The van der Waals surface area contributed by atoms with Crippen molar-refractivity contribution in [1.82, 2.24) is 4.90 Å². The van der Waals surface area contributed by atoms with E-state index in [2.05, 4.69) is 15.9 Å². The highest BCUT2D eigenvalue weighted by molar-refractivity contribution is 9.10. The highest BCUT2D eigenvalue weighted by Gasteiger charge is 2.59. The first-order valence-corrected chi connectivity index (χ1v) is 9.14. The molecule has 5 nitrogen and oxygen atoms in total. The molecule has 0 spiro atoms. The lowest BCUT2D eigenvalue weighted by atomic mass is 9.74. The molecule has 1 aliphatic carbocycles. The molecule has 2 aliphatic heterocycles. The number of rotatable bonds is 3. The number of fused-ring (bicyclic) bond motifs is 1. The molecule has 1 saturated carbocycles. The number of nitrogens with zero attached hydrogens (tertiary/aromatic N) is 1. The van der Waals surface area contributed by atoms with E-state index in [1.165, 1.54) is 0 Å². The molecule has 2 heterocycles. The number of aliphatic carboxylic acids is 1. The highest BCUT2D eigenvalue weighted by atomic mass is 79.9. The summed E-state index contributed by atoms with van der Waals surface area (Å²) in [7, 11) is 0. The number of hydrogen-bond acceptors (Lipinski definition) is 3. The van der Waals surface area contributed by atoms with Gasteiger partial charge in [-0.2, -0.15) is 0 Å². The summed E-state index contributed by atoms with van der Waals surface area (Å²) in [5, 5.41) is 9.77. The second kappa shape index (κ2) is 5.56. The Hall–Kier alpha value is -1.40. The Balaban J connectivity index is 1.61. The number of hydrogen-bond donors (Lipinski definition) is 1. The third kappa shape index (κ3) is 2.30. The van der Waals surface area contributed by atoms with Crippen molar-refractivity contribution >= 4 is 27.8 Å². The van der Waals surface area contributed by atoms with Crippen molar-refractivity contribution in [3.8, 4) is 0 Å². The van der Waals surface area contributed by atoms with Gasteiger partial charge in [-0.3, -0.25) is 9.59 Å². The molecular weight excluding hydrogens is 374 g/mol. The van der Waals surface area contributed by atoms with Crippen LogP contribution in [-0.4, -0.2) is 48.2 Å². The molecule has 6 heteroatoms. The zero-order valence-corrected chi connectivity index (χ0v) is 14.9. The van der Waals surface area contributed by atoms with Gasteiger partial charge in [0.05, 0.1) is 17.4 Å². The number of amides is 1. The lowest BCUT2D eigenvalue weighted by Gasteiger charge is -2.34. The molecule has 1 aromatic carbocycles. The number of halogens is 1. The molecule has 2 atom stereocenters. The van der Waals surface area contributed by atoms with Crippen molar-refractivity contribution in [2.75, 3.05) is 26.3 Å². The quantitative estimate of drug-likeness (QED) is 0.855. The van der Waals surface area contributed by atoms with E-state index in [1.54, 1.807) is 4.90 Å². The SMILES string of the molecule is O=C(N1C[C@H]2COCC[C@@]2(C(=O)O)C1)C1(c2cccc(Br)c2)CC1. The van der Waals surface area contributed by atoms with E-state index in [-0.39, 0.29) is 11.8 Å².